The zero-order chi connectivity index (χ0) is 9.35. The molecule has 1 heterocycles. The smallest absolute Gasteiger partial charge is 0.449 e. The highest BCUT2D eigenvalue weighted by molar-refractivity contribution is 5.85. The molecule has 0 radical (unpaired) electrons. The van der Waals surface area contributed by atoms with Gasteiger partial charge < -0.3 is 14.3 Å². The van der Waals surface area contributed by atoms with Crippen LogP contribution in [0.25, 0.3) is 0 Å². The summed E-state index contributed by atoms with van der Waals surface area (Å²) in [7, 11) is 0. The molecular formula is C6H2F3O3-. The fourth-order valence-electron chi connectivity index (χ4n) is 0.592. The molecule has 0 atom stereocenters. The number of aromatic carboxylic acids is 1. The first-order valence-electron chi connectivity index (χ1n) is 2.78. The van der Waals surface area contributed by atoms with E-state index in [1.165, 1.54) is 0 Å². The van der Waals surface area contributed by atoms with Crippen LogP contribution in [-0.2, 0) is 6.18 Å². The highest BCUT2D eigenvalue weighted by Crippen LogP contribution is 2.30. The quantitative estimate of drug-likeness (QED) is 0.636. The Morgan fingerprint density at radius 3 is 2.33 bits per heavy atom. The Labute approximate surface area is 64.4 Å². The van der Waals surface area contributed by atoms with E-state index < -0.39 is 23.5 Å². The summed E-state index contributed by atoms with van der Waals surface area (Å²) in [6.07, 6.45) is -4.17. The van der Waals surface area contributed by atoms with Crippen molar-refractivity contribution in [2.24, 2.45) is 0 Å². The lowest BCUT2D eigenvalue weighted by molar-refractivity contribution is -0.255. The lowest BCUT2D eigenvalue weighted by Crippen LogP contribution is -2.21. The maximum Gasteiger partial charge on any atom is 0.449 e. The second-order valence-electron chi connectivity index (χ2n) is 1.98. The molecule has 1 aromatic rings. The van der Waals surface area contributed by atoms with Gasteiger partial charge >= 0.3 is 6.18 Å². The van der Waals surface area contributed by atoms with Crippen LogP contribution < -0.4 is 5.11 Å². The summed E-state index contributed by atoms with van der Waals surface area (Å²) in [6.45, 7) is 0. The highest BCUT2D eigenvalue weighted by Gasteiger charge is 2.34. The van der Waals surface area contributed by atoms with Gasteiger partial charge in [0.1, 0.15) is 6.26 Å². The van der Waals surface area contributed by atoms with E-state index in [0.717, 1.165) is 0 Å². The zero-order valence-electron chi connectivity index (χ0n) is 5.51. The number of carbonyl (C=O) groups is 1. The molecular weight excluding hydrogens is 177 g/mol. The van der Waals surface area contributed by atoms with Crippen LogP contribution in [0.1, 0.15) is 16.1 Å². The minimum Gasteiger partial charge on any atom is -0.545 e. The topological polar surface area (TPSA) is 53.3 Å². The van der Waals surface area contributed by atoms with E-state index >= 15 is 0 Å². The number of alkyl halides is 3. The average molecular weight is 179 g/mol. The van der Waals surface area contributed by atoms with Gasteiger partial charge in [0.25, 0.3) is 0 Å². The number of carboxylic acid groups (broad SMARTS) is 1. The van der Waals surface area contributed by atoms with Gasteiger partial charge in [-0.1, -0.05) is 0 Å². The normalized spacial score (nSPS) is 11.6. The minimum atomic E-state index is -4.66. The van der Waals surface area contributed by atoms with Gasteiger partial charge in [-0.15, -0.1) is 0 Å². The van der Waals surface area contributed by atoms with E-state index in [2.05, 4.69) is 4.42 Å². The molecule has 6 heteroatoms. The van der Waals surface area contributed by atoms with Crippen molar-refractivity contribution in [3.05, 3.63) is 23.7 Å². The summed E-state index contributed by atoms with van der Waals surface area (Å²) in [5.41, 5.74) is -0.623. The molecule has 12 heavy (non-hydrogen) atoms. The van der Waals surface area contributed by atoms with Crippen molar-refractivity contribution in [3.8, 4) is 0 Å². The van der Waals surface area contributed by atoms with Gasteiger partial charge in [-0.3, -0.25) is 0 Å². The summed E-state index contributed by atoms with van der Waals surface area (Å²) in [6, 6.07) is 0.370. The first-order chi connectivity index (χ1) is 5.41. The Morgan fingerprint density at radius 2 is 2.08 bits per heavy atom. The standard InChI is InChI=1S/C6H3F3O3/c7-6(8,9)4-1-3(2-12-4)5(10)11/h1-2H,(H,10,11)/p-1. The van der Waals surface area contributed by atoms with Crippen molar-refractivity contribution in [2.45, 2.75) is 6.18 Å². The van der Waals surface area contributed by atoms with E-state index in [9.17, 15) is 23.1 Å². The van der Waals surface area contributed by atoms with Gasteiger partial charge in [0.2, 0.25) is 5.76 Å². The molecule has 1 rings (SSSR count). The second-order valence-corrected chi connectivity index (χ2v) is 1.98. The predicted molar refractivity (Wildman–Crippen MR) is 28.0 cm³/mol. The molecule has 0 saturated carbocycles. The Balaban J connectivity index is 3.00. The third-order valence-electron chi connectivity index (χ3n) is 1.11. The largest absolute Gasteiger partial charge is 0.545 e. The van der Waals surface area contributed by atoms with E-state index in [1.807, 2.05) is 0 Å². The molecule has 3 nitrogen and oxygen atoms in total. The van der Waals surface area contributed by atoms with Crippen molar-refractivity contribution in [3.63, 3.8) is 0 Å². The van der Waals surface area contributed by atoms with Crippen molar-refractivity contribution < 1.29 is 27.5 Å². The molecule has 0 fully saturated rings. The molecule has 0 bridgehead atoms. The van der Waals surface area contributed by atoms with E-state index in [1.54, 1.807) is 0 Å². The number of rotatable bonds is 1. The maximum absolute atomic E-state index is 11.8. The van der Waals surface area contributed by atoms with Crippen LogP contribution in [0.4, 0.5) is 13.2 Å². The summed E-state index contributed by atoms with van der Waals surface area (Å²) in [5, 5.41) is 10.0. The zero-order valence-corrected chi connectivity index (χ0v) is 5.51. The minimum absolute atomic E-state index is 0.370. The lowest BCUT2D eigenvalue weighted by atomic mass is 10.3. The third-order valence-corrected chi connectivity index (χ3v) is 1.11. The summed E-state index contributed by atoms with van der Waals surface area (Å²) >= 11 is 0. The van der Waals surface area contributed by atoms with Crippen LogP contribution in [0.3, 0.4) is 0 Å². The Morgan fingerprint density at radius 1 is 1.50 bits per heavy atom. The van der Waals surface area contributed by atoms with Crippen LogP contribution >= 0.6 is 0 Å². The third kappa shape index (κ3) is 1.58. The Bertz CT molecular complexity index is 299. The number of carboxylic acids is 1. The molecule has 0 aliphatic heterocycles. The van der Waals surface area contributed by atoms with E-state index in [-0.39, 0.29) is 0 Å². The van der Waals surface area contributed by atoms with Gasteiger partial charge in [0.15, 0.2) is 0 Å². The number of furan rings is 1. The molecule has 0 aliphatic rings. The lowest BCUT2D eigenvalue weighted by Gasteiger charge is -1.99. The van der Waals surface area contributed by atoms with Crippen molar-refractivity contribution >= 4 is 5.97 Å². The van der Waals surface area contributed by atoms with Crippen LogP contribution in [0.2, 0.25) is 0 Å². The fourth-order valence-corrected chi connectivity index (χ4v) is 0.592. The molecule has 0 spiro atoms. The average Bonchev–Trinajstić information content (AvgIpc) is 2.30. The SMILES string of the molecule is O=C([O-])c1coc(C(F)(F)F)c1. The van der Waals surface area contributed by atoms with Crippen LogP contribution in [0.15, 0.2) is 16.7 Å². The Hall–Kier alpha value is -1.46. The van der Waals surface area contributed by atoms with E-state index in [0.29, 0.717) is 12.3 Å². The number of carbonyl (C=O) groups excluding carboxylic acids is 1. The van der Waals surface area contributed by atoms with Crippen LogP contribution in [0.5, 0.6) is 0 Å². The fraction of sp³-hybridized carbons (Fsp3) is 0.167. The predicted octanol–water partition coefficient (Wildman–Crippen LogP) is 0.662. The molecule has 0 saturated heterocycles. The second kappa shape index (κ2) is 2.54. The van der Waals surface area contributed by atoms with Crippen molar-refractivity contribution in [1.82, 2.24) is 0 Å². The maximum atomic E-state index is 11.8. The van der Waals surface area contributed by atoms with Gasteiger partial charge in [-0.2, -0.15) is 13.2 Å². The van der Waals surface area contributed by atoms with Crippen LogP contribution in [-0.4, -0.2) is 5.97 Å². The van der Waals surface area contributed by atoms with Gasteiger partial charge in [-0.05, 0) is 6.07 Å². The summed E-state index contributed by atoms with van der Waals surface area (Å²) < 4.78 is 39.2. The number of hydrogen-bond donors (Lipinski definition) is 0. The Kier molecular flexibility index (Phi) is 1.83. The summed E-state index contributed by atoms with van der Waals surface area (Å²) in [4.78, 5) is 10.0. The number of hydrogen-bond acceptors (Lipinski definition) is 3. The molecule has 0 unspecified atom stereocenters. The molecule has 66 valence electrons. The van der Waals surface area contributed by atoms with Gasteiger partial charge in [0.05, 0.1) is 5.97 Å². The summed E-state index contributed by atoms with van der Waals surface area (Å²) in [5.74, 6) is -3.05. The monoisotopic (exact) mass is 179 g/mol. The molecule has 1 aromatic heterocycles. The van der Waals surface area contributed by atoms with Gasteiger partial charge in [-0.25, -0.2) is 0 Å². The van der Waals surface area contributed by atoms with Crippen molar-refractivity contribution in [1.29, 1.82) is 0 Å². The highest BCUT2D eigenvalue weighted by atomic mass is 19.4. The van der Waals surface area contributed by atoms with Crippen LogP contribution in [0, 0.1) is 0 Å². The van der Waals surface area contributed by atoms with E-state index in [4.69, 9.17) is 0 Å². The molecule has 0 aromatic carbocycles. The first-order valence-corrected chi connectivity index (χ1v) is 2.78. The molecule has 0 N–H and O–H groups in total. The first kappa shape index (κ1) is 8.63. The molecule has 0 aliphatic carbocycles. The number of halogens is 3. The van der Waals surface area contributed by atoms with Gasteiger partial charge in [0, 0.05) is 5.56 Å². The molecule has 0 amide bonds. The van der Waals surface area contributed by atoms with Crippen molar-refractivity contribution in [2.75, 3.05) is 0 Å².